The van der Waals surface area contributed by atoms with Gasteiger partial charge in [-0.15, -0.1) is 0 Å². The molecule has 1 fully saturated rings. The van der Waals surface area contributed by atoms with Crippen LogP contribution < -0.4 is 10.1 Å². The minimum Gasteiger partial charge on any atom is -0.490 e. The van der Waals surface area contributed by atoms with Gasteiger partial charge in [-0.25, -0.2) is 0 Å². The van der Waals surface area contributed by atoms with Crippen molar-refractivity contribution in [3.05, 3.63) is 53.1 Å². The zero-order chi connectivity index (χ0) is 25.1. The molecule has 2 heterocycles. The van der Waals surface area contributed by atoms with Gasteiger partial charge < -0.3 is 19.5 Å². The molecule has 0 bridgehead atoms. The highest BCUT2D eigenvalue weighted by atomic mass is 16.5. The molecule has 3 aromatic rings. The standard InChI is InChI=1S/C28H31N5O3/c1-18(2)35-25-12-11-19(15-20(25)16-29)28-31-27(32-36-28)23-9-5-8-22-21(23)7-6-10-24(22)30-17-26(34)33-13-3-4-14-33/h5,8-9,11-12,15,18,24,30H,3-4,6-7,10,13-14,17H2,1-2H3. The number of fused-ring (bicyclic) bond motifs is 1. The smallest absolute Gasteiger partial charge is 0.258 e. The van der Waals surface area contributed by atoms with Gasteiger partial charge in [-0.3, -0.25) is 4.79 Å². The van der Waals surface area contributed by atoms with E-state index in [2.05, 4.69) is 27.6 Å². The molecule has 36 heavy (non-hydrogen) atoms. The Balaban J connectivity index is 1.37. The number of carbonyl (C=O) groups excluding carboxylic acids is 1. The summed E-state index contributed by atoms with van der Waals surface area (Å²) in [7, 11) is 0. The van der Waals surface area contributed by atoms with Crippen LogP contribution in [0.3, 0.4) is 0 Å². The van der Waals surface area contributed by atoms with Crippen molar-refractivity contribution >= 4 is 5.91 Å². The number of nitrogens with zero attached hydrogens (tertiary/aromatic N) is 4. The number of hydrogen-bond donors (Lipinski definition) is 1. The van der Waals surface area contributed by atoms with E-state index in [-0.39, 0.29) is 18.1 Å². The number of carbonyl (C=O) groups is 1. The van der Waals surface area contributed by atoms with Gasteiger partial charge in [0.15, 0.2) is 0 Å². The Labute approximate surface area is 211 Å². The number of ether oxygens (including phenoxy) is 1. The zero-order valence-electron chi connectivity index (χ0n) is 20.8. The normalized spacial score (nSPS) is 17.2. The molecule has 1 aromatic heterocycles. The Morgan fingerprint density at radius 1 is 1.25 bits per heavy atom. The first-order valence-electron chi connectivity index (χ1n) is 12.7. The lowest BCUT2D eigenvalue weighted by atomic mass is 9.84. The van der Waals surface area contributed by atoms with Gasteiger partial charge >= 0.3 is 0 Å². The lowest BCUT2D eigenvalue weighted by molar-refractivity contribution is -0.129. The van der Waals surface area contributed by atoms with Crippen molar-refractivity contribution < 1.29 is 14.1 Å². The van der Waals surface area contributed by atoms with Crippen LogP contribution >= 0.6 is 0 Å². The number of nitrogens with one attached hydrogen (secondary N) is 1. The molecule has 1 amide bonds. The molecule has 1 saturated heterocycles. The minimum atomic E-state index is -0.0288. The second-order valence-corrected chi connectivity index (χ2v) is 9.70. The Bertz CT molecular complexity index is 1290. The summed E-state index contributed by atoms with van der Waals surface area (Å²) in [6.07, 6.45) is 5.10. The summed E-state index contributed by atoms with van der Waals surface area (Å²) >= 11 is 0. The Morgan fingerprint density at radius 3 is 2.86 bits per heavy atom. The number of amides is 1. The molecule has 2 aliphatic rings. The molecule has 1 unspecified atom stereocenters. The van der Waals surface area contributed by atoms with Crippen molar-refractivity contribution in [2.24, 2.45) is 0 Å². The van der Waals surface area contributed by atoms with Gasteiger partial charge in [0.25, 0.3) is 5.89 Å². The summed E-state index contributed by atoms with van der Waals surface area (Å²) in [6, 6.07) is 13.8. The predicted molar refractivity (Wildman–Crippen MR) is 135 cm³/mol. The maximum atomic E-state index is 12.5. The molecule has 0 radical (unpaired) electrons. The number of nitriles is 1. The molecular weight excluding hydrogens is 454 g/mol. The Kier molecular flexibility index (Phi) is 7.01. The van der Waals surface area contributed by atoms with E-state index in [1.807, 2.05) is 36.9 Å². The minimum absolute atomic E-state index is 0.0288. The molecule has 1 N–H and O–H groups in total. The first-order valence-corrected chi connectivity index (χ1v) is 12.7. The fourth-order valence-corrected chi connectivity index (χ4v) is 5.12. The molecule has 8 heteroatoms. The molecular formula is C28H31N5O3. The fourth-order valence-electron chi connectivity index (χ4n) is 5.12. The quantitative estimate of drug-likeness (QED) is 0.519. The first-order chi connectivity index (χ1) is 17.5. The second-order valence-electron chi connectivity index (χ2n) is 9.70. The monoisotopic (exact) mass is 485 g/mol. The van der Waals surface area contributed by atoms with E-state index in [0.29, 0.717) is 35.1 Å². The van der Waals surface area contributed by atoms with Crippen molar-refractivity contribution in [1.82, 2.24) is 20.4 Å². The van der Waals surface area contributed by atoms with Crippen molar-refractivity contribution in [1.29, 1.82) is 5.26 Å². The van der Waals surface area contributed by atoms with E-state index in [0.717, 1.165) is 50.8 Å². The van der Waals surface area contributed by atoms with E-state index >= 15 is 0 Å². The van der Waals surface area contributed by atoms with Gasteiger partial charge in [-0.1, -0.05) is 23.4 Å². The van der Waals surface area contributed by atoms with Gasteiger partial charge in [0.1, 0.15) is 11.8 Å². The third kappa shape index (κ3) is 4.98. The topological polar surface area (TPSA) is 104 Å². The molecule has 5 rings (SSSR count). The summed E-state index contributed by atoms with van der Waals surface area (Å²) in [5, 5.41) is 17.3. The fraction of sp³-hybridized carbons (Fsp3) is 0.429. The van der Waals surface area contributed by atoms with E-state index in [9.17, 15) is 10.1 Å². The van der Waals surface area contributed by atoms with Crippen molar-refractivity contribution in [2.45, 2.75) is 58.1 Å². The highest BCUT2D eigenvalue weighted by molar-refractivity contribution is 5.78. The van der Waals surface area contributed by atoms with Crippen LogP contribution in [0.2, 0.25) is 0 Å². The summed E-state index contributed by atoms with van der Waals surface area (Å²) in [5.41, 5.74) is 4.43. The van der Waals surface area contributed by atoms with Crippen LogP contribution in [0.1, 0.15) is 62.3 Å². The molecule has 0 saturated carbocycles. The second kappa shape index (κ2) is 10.5. The van der Waals surface area contributed by atoms with Crippen molar-refractivity contribution in [2.75, 3.05) is 19.6 Å². The third-order valence-corrected chi connectivity index (χ3v) is 6.84. The third-order valence-electron chi connectivity index (χ3n) is 6.84. The highest BCUT2D eigenvalue weighted by Gasteiger charge is 2.26. The van der Waals surface area contributed by atoms with Crippen molar-refractivity contribution in [3.63, 3.8) is 0 Å². The SMILES string of the molecule is CC(C)Oc1ccc(-c2nc(-c3cccc4c3CCCC4NCC(=O)N3CCCC3)no2)cc1C#N. The average molecular weight is 486 g/mol. The number of rotatable bonds is 7. The molecule has 186 valence electrons. The predicted octanol–water partition coefficient (Wildman–Crippen LogP) is 4.65. The van der Waals surface area contributed by atoms with Gasteiger partial charge in [0, 0.05) is 30.3 Å². The molecule has 1 aliphatic heterocycles. The van der Waals surface area contributed by atoms with Crippen LogP contribution in [0, 0.1) is 11.3 Å². The van der Waals surface area contributed by atoms with Gasteiger partial charge in [0.2, 0.25) is 11.7 Å². The van der Waals surface area contributed by atoms with Crippen LogP contribution in [-0.4, -0.2) is 46.7 Å². The lowest BCUT2D eigenvalue weighted by Gasteiger charge is -2.28. The van der Waals surface area contributed by atoms with Crippen LogP contribution in [0.4, 0.5) is 0 Å². The summed E-state index contributed by atoms with van der Waals surface area (Å²) in [6.45, 7) is 5.94. The molecule has 2 aromatic carbocycles. The summed E-state index contributed by atoms with van der Waals surface area (Å²) in [4.78, 5) is 19.2. The van der Waals surface area contributed by atoms with Gasteiger partial charge in [-0.05, 0) is 75.3 Å². The molecule has 1 atom stereocenters. The molecule has 0 spiro atoms. The van der Waals surface area contributed by atoms with Crippen LogP contribution in [0.25, 0.3) is 22.8 Å². The number of hydrogen-bond acceptors (Lipinski definition) is 7. The van der Waals surface area contributed by atoms with E-state index in [1.165, 1.54) is 11.1 Å². The largest absolute Gasteiger partial charge is 0.490 e. The van der Waals surface area contributed by atoms with Crippen molar-refractivity contribution in [3.8, 4) is 34.7 Å². The summed E-state index contributed by atoms with van der Waals surface area (Å²) < 4.78 is 11.3. The maximum Gasteiger partial charge on any atom is 0.258 e. The number of aromatic nitrogens is 2. The molecule has 1 aliphatic carbocycles. The lowest BCUT2D eigenvalue weighted by Crippen LogP contribution is -2.38. The van der Waals surface area contributed by atoms with Gasteiger partial charge in [-0.2, -0.15) is 10.2 Å². The van der Waals surface area contributed by atoms with E-state index < -0.39 is 0 Å². The Hall–Kier alpha value is -3.70. The maximum absolute atomic E-state index is 12.5. The summed E-state index contributed by atoms with van der Waals surface area (Å²) in [5.74, 6) is 1.60. The Morgan fingerprint density at radius 2 is 2.08 bits per heavy atom. The first kappa shape index (κ1) is 24.0. The van der Waals surface area contributed by atoms with E-state index in [1.54, 1.807) is 12.1 Å². The van der Waals surface area contributed by atoms with Gasteiger partial charge in [0.05, 0.1) is 18.2 Å². The van der Waals surface area contributed by atoms with Crippen LogP contribution in [0.15, 0.2) is 40.9 Å². The number of benzene rings is 2. The van der Waals surface area contributed by atoms with Crippen LogP contribution in [-0.2, 0) is 11.2 Å². The van der Waals surface area contributed by atoms with E-state index in [4.69, 9.17) is 9.26 Å². The van der Waals surface area contributed by atoms with Crippen LogP contribution in [0.5, 0.6) is 5.75 Å². The molecule has 8 nitrogen and oxygen atoms in total. The average Bonchev–Trinajstić information content (AvgIpc) is 3.60. The highest BCUT2D eigenvalue weighted by Crippen LogP contribution is 2.36. The number of likely N-dealkylation sites (tertiary alicyclic amines) is 1. The zero-order valence-corrected chi connectivity index (χ0v) is 20.8.